The predicted molar refractivity (Wildman–Crippen MR) is 60.0 cm³/mol. The Balaban J connectivity index is 2.50. The molecule has 0 heterocycles. The van der Waals surface area contributed by atoms with Gasteiger partial charge in [-0.15, -0.1) is 17.7 Å². The van der Waals surface area contributed by atoms with Crippen LogP contribution in [0.5, 0.6) is 0 Å². The van der Waals surface area contributed by atoms with E-state index in [2.05, 4.69) is 50.0 Å². The van der Waals surface area contributed by atoms with Gasteiger partial charge in [-0.05, 0) is 18.6 Å². The van der Waals surface area contributed by atoms with Crippen LogP contribution in [0.3, 0.4) is 0 Å². The van der Waals surface area contributed by atoms with Crippen molar-refractivity contribution in [2.45, 2.75) is 25.2 Å². The van der Waals surface area contributed by atoms with Gasteiger partial charge < -0.3 is 0 Å². The Hall–Kier alpha value is -0.870. The molecule has 0 atom stereocenters. The average molecular weight is 190 g/mol. The van der Waals surface area contributed by atoms with E-state index in [0.717, 1.165) is 12.2 Å². The first kappa shape index (κ1) is 10.2. The number of rotatable bonds is 2. The van der Waals surface area contributed by atoms with Crippen molar-refractivity contribution < 1.29 is 0 Å². The van der Waals surface area contributed by atoms with Gasteiger partial charge in [0, 0.05) is 11.3 Å². The van der Waals surface area contributed by atoms with Crippen LogP contribution in [0.25, 0.3) is 0 Å². The zero-order valence-electron chi connectivity index (χ0n) is 8.13. The molecule has 0 aliphatic carbocycles. The fourth-order valence-electron chi connectivity index (χ4n) is 1.01. The van der Waals surface area contributed by atoms with E-state index in [0.29, 0.717) is 0 Å². The molecule has 0 N–H and O–H groups in total. The molecule has 1 aromatic rings. The molecule has 0 fully saturated rings. The molecular formula is C12H14S. The van der Waals surface area contributed by atoms with Crippen molar-refractivity contribution in [1.29, 1.82) is 0 Å². The quantitative estimate of drug-likeness (QED) is 0.508. The van der Waals surface area contributed by atoms with E-state index >= 15 is 0 Å². The number of hydrogen-bond acceptors (Lipinski definition) is 1. The van der Waals surface area contributed by atoms with Crippen LogP contribution in [0.2, 0.25) is 0 Å². The Morgan fingerprint density at radius 3 is 2.69 bits per heavy atom. The fraction of sp³-hybridized carbons (Fsp3) is 0.333. The van der Waals surface area contributed by atoms with Gasteiger partial charge >= 0.3 is 0 Å². The molecule has 0 nitrogen and oxygen atoms in total. The molecule has 1 aromatic carbocycles. The molecule has 13 heavy (non-hydrogen) atoms. The van der Waals surface area contributed by atoms with Gasteiger partial charge in [0.1, 0.15) is 0 Å². The minimum absolute atomic E-state index is 0.901. The molecule has 0 amide bonds. The molecule has 0 spiro atoms. The Kier molecular flexibility index (Phi) is 4.49. The summed E-state index contributed by atoms with van der Waals surface area (Å²) in [7, 11) is 0. The SMILES string of the molecule is CCC#CCSc1ccccc1C. The van der Waals surface area contributed by atoms with Crippen molar-refractivity contribution in [2.75, 3.05) is 5.75 Å². The Morgan fingerprint density at radius 1 is 1.23 bits per heavy atom. The maximum Gasteiger partial charge on any atom is 0.0594 e. The summed E-state index contributed by atoms with van der Waals surface area (Å²) in [4.78, 5) is 1.34. The minimum atomic E-state index is 0.901. The van der Waals surface area contributed by atoms with Gasteiger partial charge in [-0.1, -0.05) is 31.0 Å². The first-order valence-electron chi connectivity index (χ1n) is 4.48. The highest BCUT2D eigenvalue weighted by molar-refractivity contribution is 7.99. The monoisotopic (exact) mass is 190 g/mol. The summed E-state index contributed by atoms with van der Waals surface area (Å²) in [5, 5.41) is 0. The predicted octanol–water partition coefficient (Wildman–Crippen LogP) is 3.50. The van der Waals surface area contributed by atoms with E-state index in [-0.39, 0.29) is 0 Å². The van der Waals surface area contributed by atoms with Crippen molar-refractivity contribution in [2.24, 2.45) is 0 Å². The number of thioether (sulfide) groups is 1. The van der Waals surface area contributed by atoms with Crippen LogP contribution in [-0.4, -0.2) is 5.75 Å². The standard InChI is InChI=1S/C12H14S/c1-3-4-7-10-13-12-9-6-5-8-11(12)2/h5-6,8-9H,3,10H2,1-2H3. The van der Waals surface area contributed by atoms with Crippen molar-refractivity contribution in [3.8, 4) is 11.8 Å². The highest BCUT2D eigenvalue weighted by atomic mass is 32.2. The lowest BCUT2D eigenvalue weighted by molar-refractivity contribution is 1.28. The molecule has 1 heteroatoms. The molecule has 0 radical (unpaired) electrons. The maximum atomic E-state index is 3.12. The number of hydrogen-bond donors (Lipinski definition) is 0. The van der Waals surface area contributed by atoms with Crippen molar-refractivity contribution in [3.05, 3.63) is 29.8 Å². The van der Waals surface area contributed by atoms with E-state index in [1.807, 2.05) is 11.8 Å². The highest BCUT2D eigenvalue weighted by Crippen LogP contribution is 2.20. The third-order valence-corrected chi connectivity index (χ3v) is 2.75. The molecule has 0 bridgehead atoms. The molecular weight excluding hydrogens is 176 g/mol. The van der Waals surface area contributed by atoms with Gasteiger partial charge in [0.05, 0.1) is 5.75 Å². The molecule has 0 aliphatic rings. The Labute approximate surface area is 84.7 Å². The maximum absolute atomic E-state index is 3.12. The van der Waals surface area contributed by atoms with Crippen LogP contribution < -0.4 is 0 Å². The smallest absolute Gasteiger partial charge is 0.0594 e. The van der Waals surface area contributed by atoms with Gasteiger partial charge in [0.2, 0.25) is 0 Å². The second-order valence-corrected chi connectivity index (χ2v) is 3.78. The first-order chi connectivity index (χ1) is 6.34. The first-order valence-corrected chi connectivity index (χ1v) is 5.47. The third kappa shape index (κ3) is 3.57. The van der Waals surface area contributed by atoms with Crippen LogP contribution >= 0.6 is 11.8 Å². The van der Waals surface area contributed by atoms with Crippen LogP contribution in [0.1, 0.15) is 18.9 Å². The summed E-state index contributed by atoms with van der Waals surface area (Å²) in [5.41, 5.74) is 1.34. The van der Waals surface area contributed by atoms with Gasteiger partial charge in [-0.3, -0.25) is 0 Å². The summed E-state index contributed by atoms with van der Waals surface area (Å²) < 4.78 is 0. The van der Waals surface area contributed by atoms with Crippen LogP contribution in [0.15, 0.2) is 29.2 Å². The Bertz CT molecular complexity index is 317. The number of aryl methyl sites for hydroxylation is 1. The van der Waals surface area contributed by atoms with E-state index in [1.165, 1.54) is 10.5 Å². The van der Waals surface area contributed by atoms with Crippen LogP contribution in [0.4, 0.5) is 0 Å². The van der Waals surface area contributed by atoms with Gasteiger partial charge in [0.25, 0.3) is 0 Å². The third-order valence-electron chi connectivity index (χ3n) is 1.70. The van der Waals surface area contributed by atoms with Crippen LogP contribution in [0, 0.1) is 18.8 Å². The van der Waals surface area contributed by atoms with E-state index < -0.39 is 0 Å². The van der Waals surface area contributed by atoms with Crippen molar-refractivity contribution >= 4 is 11.8 Å². The summed E-state index contributed by atoms with van der Waals surface area (Å²) in [6.07, 6.45) is 0.953. The molecule has 0 unspecified atom stereocenters. The zero-order valence-corrected chi connectivity index (χ0v) is 8.95. The van der Waals surface area contributed by atoms with E-state index in [4.69, 9.17) is 0 Å². The fourth-order valence-corrected chi connectivity index (χ4v) is 1.81. The normalized spacial score (nSPS) is 9.08. The lowest BCUT2D eigenvalue weighted by Crippen LogP contribution is -1.79. The second kappa shape index (κ2) is 5.72. The summed E-state index contributed by atoms with van der Waals surface area (Å²) in [6.45, 7) is 4.21. The summed E-state index contributed by atoms with van der Waals surface area (Å²) in [6, 6.07) is 8.42. The topological polar surface area (TPSA) is 0 Å². The molecule has 0 aromatic heterocycles. The largest absolute Gasteiger partial charge is 0.113 e. The molecule has 0 saturated heterocycles. The lowest BCUT2D eigenvalue weighted by Gasteiger charge is -2.00. The highest BCUT2D eigenvalue weighted by Gasteiger charge is 1.94. The Morgan fingerprint density at radius 2 is 2.00 bits per heavy atom. The lowest BCUT2D eigenvalue weighted by atomic mass is 10.2. The molecule has 68 valence electrons. The van der Waals surface area contributed by atoms with Crippen LogP contribution in [-0.2, 0) is 0 Å². The number of benzene rings is 1. The van der Waals surface area contributed by atoms with E-state index in [9.17, 15) is 0 Å². The van der Waals surface area contributed by atoms with E-state index in [1.54, 1.807) is 0 Å². The minimum Gasteiger partial charge on any atom is -0.113 e. The summed E-state index contributed by atoms with van der Waals surface area (Å²) in [5.74, 6) is 7.09. The van der Waals surface area contributed by atoms with Gasteiger partial charge in [-0.2, -0.15) is 0 Å². The van der Waals surface area contributed by atoms with Crippen molar-refractivity contribution in [1.82, 2.24) is 0 Å². The molecule has 1 rings (SSSR count). The molecule has 0 saturated carbocycles. The molecule has 0 aliphatic heterocycles. The second-order valence-electron chi connectivity index (χ2n) is 2.76. The summed E-state index contributed by atoms with van der Waals surface area (Å²) >= 11 is 1.81. The van der Waals surface area contributed by atoms with Gasteiger partial charge in [0.15, 0.2) is 0 Å². The van der Waals surface area contributed by atoms with Gasteiger partial charge in [-0.25, -0.2) is 0 Å². The zero-order chi connectivity index (χ0) is 9.52. The average Bonchev–Trinajstić information content (AvgIpc) is 2.15. The van der Waals surface area contributed by atoms with Crippen molar-refractivity contribution in [3.63, 3.8) is 0 Å².